The molecule has 0 radical (unpaired) electrons. The number of H-pyrrole nitrogens is 1. The molecule has 3 aromatic carbocycles. The molecule has 2 aromatic heterocycles. The lowest BCUT2D eigenvalue weighted by atomic mass is 9.98. The van der Waals surface area contributed by atoms with E-state index >= 15 is 0 Å². The van der Waals surface area contributed by atoms with Crippen LogP contribution in [0.1, 0.15) is 28.3 Å². The zero-order chi connectivity index (χ0) is 27.1. The molecule has 5 rings (SSSR count). The minimum atomic E-state index is -1.18. The predicted octanol–water partition coefficient (Wildman–Crippen LogP) is 4.19. The molecule has 0 saturated carbocycles. The van der Waals surface area contributed by atoms with E-state index in [9.17, 15) is 14.7 Å². The number of fused-ring (bicyclic) bond motifs is 1. The maximum absolute atomic E-state index is 11.9. The molecular weight excluding hydrogens is 436 g/mol. The molecule has 2 N–H and O–H groups in total. The highest BCUT2D eigenvalue weighted by Gasteiger charge is 2.19. The summed E-state index contributed by atoms with van der Waals surface area (Å²) >= 11 is 0. The Bertz CT molecular complexity index is 1750. The van der Waals surface area contributed by atoms with E-state index in [0.29, 0.717) is 16.6 Å². The Balaban J connectivity index is 1.71. The number of aromatic nitrogens is 4. The summed E-state index contributed by atoms with van der Waals surface area (Å²) in [5, 5.41) is 13.4. The van der Waals surface area contributed by atoms with Crippen LogP contribution in [0.2, 0.25) is 0 Å². The maximum atomic E-state index is 11.9. The number of carboxylic acids is 1. The van der Waals surface area contributed by atoms with Gasteiger partial charge in [0.2, 0.25) is 0 Å². The third kappa shape index (κ3) is 3.83. The van der Waals surface area contributed by atoms with E-state index in [1.54, 1.807) is 43.3 Å². The minimum absolute atomic E-state index is 0.00921. The van der Waals surface area contributed by atoms with Gasteiger partial charge in [0.25, 0.3) is 6.01 Å². The first-order chi connectivity index (χ1) is 18.2. The molecule has 0 fully saturated rings. The Morgan fingerprint density at radius 3 is 2.59 bits per heavy atom. The largest absolute Gasteiger partial charge is 0.478 e. The van der Waals surface area contributed by atoms with Crippen LogP contribution in [0.3, 0.4) is 0 Å². The monoisotopic (exact) mass is 460 g/mol. The molecule has 0 aliphatic rings. The number of nitrogens with one attached hydrogen (secondary N) is 1. The fourth-order valence-electron chi connectivity index (χ4n) is 3.69. The van der Waals surface area contributed by atoms with E-state index in [0.717, 1.165) is 0 Å². The van der Waals surface area contributed by atoms with Gasteiger partial charge in [0.15, 0.2) is 5.82 Å². The topological polar surface area (TPSA) is 123 Å². The second kappa shape index (κ2) is 8.70. The lowest BCUT2D eigenvalue weighted by Gasteiger charge is -2.12. The highest BCUT2D eigenvalue weighted by Crippen LogP contribution is 2.31. The maximum Gasteiger partial charge on any atom is 0.439 e. The van der Waals surface area contributed by atoms with Gasteiger partial charge in [-0.25, -0.2) is 9.59 Å². The van der Waals surface area contributed by atoms with Crippen LogP contribution in [0.5, 0.6) is 6.01 Å². The van der Waals surface area contributed by atoms with Crippen LogP contribution in [-0.2, 0) is 6.54 Å². The molecule has 0 atom stereocenters. The number of ether oxygens (including phenoxy) is 1. The lowest BCUT2D eigenvalue weighted by molar-refractivity contribution is 0.0698. The number of carboxylic acid groups (broad SMARTS) is 1. The van der Waals surface area contributed by atoms with Crippen LogP contribution in [-0.4, -0.2) is 37.4 Å². The van der Waals surface area contributed by atoms with Gasteiger partial charge in [-0.3, -0.25) is 14.1 Å². The Morgan fingerprint density at radius 2 is 1.91 bits per heavy atom. The van der Waals surface area contributed by atoms with Crippen LogP contribution in [0.15, 0.2) is 76.0 Å². The number of imidazole rings is 1. The van der Waals surface area contributed by atoms with Crippen molar-refractivity contribution in [3.05, 3.63) is 88.3 Å². The molecule has 0 bridgehead atoms. The Hall–Kier alpha value is -4.66. The highest BCUT2D eigenvalue weighted by molar-refractivity contribution is 6.01. The van der Waals surface area contributed by atoms with Crippen molar-refractivity contribution in [2.24, 2.45) is 0 Å². The van der Waals surface area contributed by atoms with E-state index < -0.39 is 11.7 Å². The minimum Gasteiger partial charge on any atom is -0.478 e. The number of para-hydroxylation sites is 1. The first-order valence-electron chi connectivity index (χ1n) is 12.3. The standard InChI is InChI=1S/C25H20N4O5/c1-2-33-24-26-20-9-5-8-19(23(30)31)21(20)29(24)14-15-10-12-16(13-11-15)17-6-3-4-7-18(17)22-27-25(32)34-28-22/h3-13H,2,14H2,1H3,(H,30,31)(H,27,28,32)/i10D,11D,12D,13D. The van der Waals surface area contributed by atoms with Crippen molar-refractivity contribution in [1.29, 1.82) is 0 Å². The van der Waals surface area contributed by atoms with E-state index in [1.165, 1.54) is 10.6 Å². The predicted molar refractivity (Wildman–Crippen MR) is 125 cm³/mol. The molecule has 0 aliphatic heterocycles. The second-order valence-corrected chi connectivity index (χ2v) is 7.23. The first-order valence-corrected chi connectivity index (χ1v) is 10.3. The molecule has 9 heteroatoms. The molecule has 5 aromatic rings. The van der Waals surface area contributed by atoms with Gasteiger partial charge in [0.05, 0.1) is 35.2 Å². The summed E-state index contributed by atoms with van der Waals surface area (Å²) in [6, 6.07) is 9.98. The van der Waals surface area contributed by atoms with E-state index in [1.807, 2.05) is 0 Å². The fourth-order valence-corrected chi connectivity index (χ4v) is 3.69. The molecular formula is C25H20N4O5. The van der Waals surface area contributed by atoms with Crippen LogP contribution in [0.4, 0.5) is 0 Å². The quantitative estimate of drug-likeness (QED) is 0.373. The van der Waals surface area contributed by atoms with Gasteiger partial charge in [-0.15, -0.1) is 0 Å². The van der Waals surface area contributed by atoms with E-state index in [2.05, 4.69) is 19.6 Å². The molecule has 0 unspecified atom stereocenters. The normalized spacial score (nSPS) is 12.7. The first kappa shape index (κ1) is 16.9. The highest BCUT2D eigenvalue weighted by atomic mass is 16.5. The van der Waals surface area contributed by atoms with Gasteiger partial charge in [0, 0.05) is 5.56 Å². The fraction of sp³-hybridized carbons (Fsp3) is 0.120. The summed E-state index contributed by atoms with van der Waals surface area (Å²) < 4.78 is 46.7. The lowest BCUT2D eigenvalue weighted by Crippen LogP contribution is -2.08. The third-order valence-corrected chi connectivity index (χ3v) is 5.12. The SMILES string of the molecule is [2H]c1c([2H])c(-c2ccccc2-c2noc(=O)[nH]2)c([2H])c([2H])c1Cn1c(OCC)nc2cccc(C(=O)O)c21. The van der Waals surface area contributed by atoms with Crippen LogP contribution < -0.4 is 10.5 Å². The zero-order valence-corrected chi connectivity index (χ0v) is 17.9. The molecule has 34 heavy (non-hydrogen) atoms. The number of carbonyl (C=O) groups is 1. The van der Waals surface area contributed by atoms with Crippen molar-refractivity contribution >= 4 is 17.0 Å². The summed E-state index contributed by atoms with van der Waals surface area (Å²) in [4.78, 5) is 30.3. The summed E-state index contributed by atoms with van der Waals surface area (Å²) in [6.07, 6.45) is 0. The van der Waals surface area contributed by atoms with Gasteiger partial charge < -0.3 is 9.84 Å². The van der Waals surface area contributed by atoms with Crippen molar-refractivity contribution < 1.29 is 24.6 Å². The van der Waals surface area contributed by atoms with Crippen molar-refractivity contribution in [2.75, 3.05) is 6.61 Å². The van der Waals surface area contributed by atoms with Crippen molar-refractivity contribution in [3.63, 3.8) is 0 Å². The van der Waals surface area contributed by atoms with Crippen LogP contribution in [0, 0.1) is 0 Å². The number of hydrogen-bond acceptors (Lipinski definition) is 6. The second-order valence-electron chi connectivity index (χ2n) is 7.23. The summed E-state index contributed by atoms with van der Waals surface area (Å²) in [6.45, 7) is 1.76. The number of nitrogens with zero attached hydrogens (tertiary/aromatic N) is 3. The molecule has 0 amide bonds. The van der Waals surface area contributed by atoms with Gasteiger partial charge in [0.1, 0.15) is 0 Å². The average Bonchev–Trinajstić information content (AvgIpc) is 3.49. The van der Waals surface area contributed by atoms with E-state index in [-0.39, 0.29) is 71.4 Å². The third-order valence-electron chi connectivity index (χ3n) is 5.12. The zero-order valence-electron chi connectivity index (χ0n) is 21.9. The Kier molecular flexibility index (Phi) is 4.33. The smallest absolute Gasteiger partial charge is 0.439 e. The molecule has 0 saturated heterocycles. The van der Waals surface area contributed by atoms with Gasteiger partial charge in [-0.2, -0.15) is 4.98 Å². The van der Waals surface area contributed by atoms with Crippen molar-refractivity contribution in [2.45, 2.75) is 13.5 Å². The number of rotatable bonds is 7. The number of aromatic carboxylic acids is 1. The molecule has 2 heterocycles. The molecule has 0 spiro atoms. The van der Waals surface area contributed by atoms with Gasteiger partial charge in [-0.1, -0.05) is 59.7 Å². The summed E-state index contributed by atoms with van der Waals surface area (Å²) in [5.74, 6) is -1.88. The Labute approximate surface area is 198 Å². The Morgan fingerprint density at radius 1 is 1.15 bits per heavy atom. The number of aromatic amines is 1. The summed E-state index contributed by atoms with van der Waals surface area (Å²) in [7, 11) is 0. The van der Waals surface area contributed by atoms with Crippen LogP contribution >= 0.6 is 0 Å². The molecule has 170 valence electrons. The average molecular weight is 460 g/mol. The van der Waals surface area contributed by atoms with Crippen LogP contribution in [0.25, 0.3) is 33.5 Å². The number of benzene rings is 3. The van der Waals surface area contributed by atoms with Gasteiger partial charge in [-0.05, 0) is 35.7 Å². The number of hydrogen-bond donors (Lipinski definition) is 2. The summed E-state index contributed by atoms with van der Waals surface area (Å²) in [5.41, 5.74) is 1.27. The van der Waals surface area contributed by atoms with Crippen molar-refractivity contribution in [1.82, 2.24) is 19.7 Å². The van der Waals surface area contributed by atoms with Crippen molar-refractivity contribution in [3.8, 4) is 28.5 Å². The molecule has 0 aliphatic carbocycles. The molecule has 9 nitrogen and oxygen atoms in total. The van der Waals surface area contributed by atoms with Gasteiger partial charge >= 0.3 is 11.7 Å². The van der Waals surface area contributed by atoms with E-state index in [4.69, 9.17) is 10.2 Å².